The number of rotatable bonds is 7. The third kappa shape index (κ3) is 6.66. The minimum Gasteiger partial charge on any atom is -0.479 e. The maximum absolute atomic E-state index is 14.4. The Balaban J connectivity index is 1.40. The number of benzene rings is 2. The van der Waals surface area contributed by atoms with E-state index in [-0.39, 0.29) is 5.82 Å². The molecule has 2 fully saturated rings. The molecule has 1 aromatic heterocycles. The van der Waals surface area contributed by atoms with E-state index in [1.807, 2.05) is 46.8 Å². The molecule has 1 atom stereocenters. The van der Waals surface area contributed by atoms with Crippen LogP contribution in [0.3, 0.4) is 0 Å². The average molecular weight is 614 g/mol. The highest BCUT2D eigenvalue weighted by atomic mass is 19.1. The lowest BCUT2D eigenvalue weighted by Gasteiger charge is -2.43. The molecule has 0 radical (unpaired) electrons. The predicted molar refractivity (Wildman–Crippen MR) is 177 cm³/mol. The van der Waals surface area contributed by atoms with Crippen LogP contribution in [0.4, 0.5) is 10.1 Å². The standard InChI is InChI=1S/C38H48FN3O3/c1-25-32(28-12-13-29-23-41(19-14-27(29)22-28)24-30-10-6-7-11-31(30)39)34(42-20-17-38(18-21-42)15-8-9-16-38)33(26(2)40-25)35(36(43)44)45-37(3,4)5/h6-7,10-13,22,35H,8-9,14-21,23-24H2,1-5H3,(H,43,44). The molecule has 0 amide bonds. The van der Waals surface area contributed by atoms with Gasteiger partial charge in [-0.3, -0.25) is 9.88 Å². The monoisotopic (exact) mass is 613 g/mol. The van der Waals surface area contributed by atoms with Crippen molar-refractivity contribution in [1.82, 2.24) is 9.88 Å². The van der Waals surface area contributed by atoms with Crippen LogP contribution in [0.5, 0.6) is 0 Å². The summed E-state index contributed by atoms with van der Waals surface area (Å²) < 4.78 is 20.7. The highest BCUT2D eigenvalue weighted by molar-refractivity contribution is 5.88. The Morgan fingerprint density at radius 2 is 1.71 bits per heavy atom. The number of hydrogen-bond acceptors (Lipinski definition) is 5. The summed E-state index contributed by atoms with van der Waals surface area (Å²) in [6.45, 7) is 13.7. The third-order valence-corrected chi connectivity index (χ3v) is 10.3. The van der Waals surface area contributed by atoms with Gasteiger partial charge in [-0.1, -0.05) is 49.2 Å². The molecule has 3 heterocycles. The number of carbonyl (C=O) groups is 1. The van der Waals surface area contributed by atoms with Crippen LogP contribution in [0.25, 0.3) is 11.1 Å². The number of fused-ring (bicyclic) bond motifs is 1. The zero-order valence-corrected chi connectivity index (χ0v) is 27.6. The first-order chi connectivity index (χ1) is 21.4. The van der Waals surface area contributed by atoms with E-state index in [2.05, 4.69) is 28.0 Å². The first-order valence-corrected chi connectivity index (χ1v) is 16.7. The molecule has 1 unspecified atom stereocenters. The van der Waals surface area contributed by atoms with Crippen LogP contribution in [-0.4, -0.2) is 46.2 Å². The van der Waals surface area contributed by atoms with E-state index in [0.717, 1.165) is 73.5 Å². The summed E-state index contributed by atoms with van der Waals surface area (Å²) in [6, 6.07) is 13.7. The van der Waals surface area contributed by atoms with Gasteiger partial charge in [0.05, 0.1) is 11.3 Å². The minimum absolute atomic E-state index is 0.156. The number of anilines is 1. The van der Waals surface area contributed by atoms with Crippen LogP contribution < -0.4 is 4.90 Å². The van der Waals surface area contributed by atoms with Gasteiger partial charge < -0.3 is 14.7 Å². The Labute approximate surface area is 267 Å². The number of aryl methyl sites for hydroxylation is 2. The Morgan fingerprint density at radius 1 is 1.00 bits per heavy atom. The number of halogens is 1. The van der Waals surface area contributed by atoms with Crippen molar-refractivity contribution in [2.45, 2.75) is 104 Å². The van der Waals surface area contributed by atoms with Crippen molar-refractivity contribution in [1.29, 1.82) is 0 Å². The van der Waals surface area contributed by atoms with Gasteiger partial charge in [0, 0.05) is 60.8 Å². The van der Waals surface area contributed by atoms with Crippen LogP contribution in [0, 0.1) is 25.1 Å². The molecule has 2 aliphatic heterocycles. The largest absolute Gasteiger partial charge is 0.479 e. The first-order valence-electron chi connectivity index (χ1n) is 16.7. The fourth-order valence-electron chi connectivity index (χ4n) is 8.02. The molecule has 7 heteroatoms. The van der Waals surface area contributed by atoms with Gasteiger partial charge >= 0.3 is 5.97 Å². The van der Waals surface area contributed by atoms with Gasteiger partial charge in [0.25, 0.3) is 0 Å². The molecule has 6 nitrogen and oxygen atoms in total. The Hall–Kier alpha value is -3.29. The summed E-state index contributed by atoms with van der Waals surface area (Å²) in [5, 5.41) is 10.5. The van der Waals surface area contributed by atoms with E-state index in [1.165, 1.54) is 42.9 Å². The number of ether oxygens (including phenoxy) is 1. The maximum Gasteiger partial charge on any atom is 0.337 e. The molecular weight excluding hydrogens is 565 g/mol. The summed E-state index contributed by atoms with van der Waals surface area (Å²) in [6.07, 6.45) is 7.25. The van der Waals surface area contributed by atoms with E-state index in [4.69, 9.17) is 9.72 Å². The molecule has 6 rings (SSSR count). The van der Waals surface area contributed by atoms with Crippen molar-refractivity contribution in [3.8, 4) is 11.1 Å². The van der Waals surface area contributed by atoms with Crippen molar-refractivity contribution < 1.29 is 19.0 Å². The second-order valence-corrected chi connectivity index (χ2v) is 14.6. The lowest BCUT2D eigenvalue weighted by Crippen LogP contribution is -2.40. The molecule has 1 saturated heterocycles. The van der Waals surface area contributed by atoms with Crippen LogP contribution in [-0.2, 0) is 29.0 Å². The molecule has 3 aliphatic rings. The van der Waals surface area contributed by atoms with E-state index in [0.29, 0.717) is 23.2 Å². The third-order valence-electron chi connectivity index (χ3n) is 10.3. The van der Waals surface area contributed by atoms with Gasteiger partial charge in [0.2, 0.25) is 0 Å². The topological polar surface area (TPSA) is 65.9 Å². The quantitative estimate of drug-likeness (QED) is 0.290. The van der Waals surface area contributed by atoms with Gasteiger partial charge in [-0.25, -0.2) is 9.18 Å². The fourth-order valence-corrected chi connectivity index (χ4v) is 8.02. The number of hydrogen-bond donors (Lipinski definition) is 1. The van der Waals surface area contributed by atoms with Gasteiger partial charge in [-0.15, -0.1) is 0 Å². The lowest BCUT2D eigenvalue weighted by molar-refractivity contribution is -0.160. The fraction of sp³-hybridized carbons (Fsp3) is 0.526. The summed E-state index contributed by atoms with van der Waals surface area (Å²) in [5.74, 6) is -1.15. The molecule has 1 N–H and O–H groups in total. The molecule has 240 valence electrons. The summed E-state index contributed by atoms with van der Waals surface area (Å²) >= 11 is 0. The molecule has 45 heavy (non-hydrogen) atoms. The number of carboxylic acid groups (broad SMARTS) is 1. The van der Waals surface area contributed by atoms with Crippen molar-refractivity contribution in [2.24, 2.45) is 5.41 Å². The highest BCUT2D eigenvalue weighted by Crippen LogP contribution is 2.50. The van der Waals surface area contributed by atoms with Gasteiger partial charge in [0.1, 0.15) is 5.82 Å². The van der Waals surface area contributed by atoms with Crippen molar-refractivity contribution in [3.05, 3.63) is 81.9 Å². The second kappa shape index (κ2) is 12.5. The van der Waals surface area contributed by atoms with E-state index in [1.54, 1.807) is 6.07 Å². The van der Waals surface area contributed by atoms with E-state index in [9.17, 15) is 14.3 Å². The zero-order valence-electron chi connectivity index (χ0n) is 27.6. The Morgan fingerprint density at radius 3 is 2.38 bits per heavy atom. The van der Waals surface area contributed by atoms with Crippen LogP contribution >= 0.6 is 0 Å². The van der Waals surface area contributed by atoms with Crippen LogP contribution in [0.1, 0.15) is 99.0 Å². The lowest BCUT2D eigenvalue weighted by atomic mass is 9.76. The first kappa shape index (κ1) is 31.7. The number of piperidine rings is 1. The van der Waals surface area contributed by atoms with E-state index < -0.39 is 17.7 Å². The van der Waals surface area contributed by atoms with Gasteiger partial charge in [0.15, 0.2) is 6.10 Å². The number of aromatic nitrogens is 1. The Kier molecular flexibility index (Phi) is 8.79. The van der Waals surface area contributed by atoms with Crippen molar-refractivity contribution in [3.63, 3.8) is 0 Å². The molecule has 0 bridgehead atoms. The molecule has 1 spiro atoms. The number of carboxylic acids is 1. The molecule has 1 saturated carbocycles. The van der Waals surface area contributed by atoms with E-state index >= 15 is 0 Å². The Bertz CT molecular complexity index is 1560. The second-order valence-electron chi connectivity index (χ2n) is 14.6. The average Bonchev–Trinajstić information content (AvgIpc) is 3.44. The summed E-state index contributed by atoms with van der Waals surface area (Å²) in [5.41, 5.74) is 8.40. The molecular formula is C38H48FN3O3. The summed E-state index contributed by atoms with van der Waals surface area (Å²) in [7, 11) is 0. The van der Waals surface area contributed by atoms with Crippen LogP contribution in [0.2, 0.25) is 0 Å². The smallest absolute Gasteiger partial charge is 0.337 e. The SMILES string of the molecule is Cc1nc(C)c(C(OC(C)(C)C)C(=O)O)c(N2CCC3(CCCC3)CC2)c1-c1ccc2c(c1)CCN(Cc1ccccc1F)C2. The number of pyridine rings is 1. The molecule has 1 aliphatic carbocycles. The number of aliphatic carboxylic acids is 1. The molecule has 2 aromatic carbocycles. The molecule has 3 aromatic rings. The number of nitrogens with zero attached hydrogens (tertiary/aromatic N) is 3. The highest BCUT2D eigenvalue weighted by Gasteiger charge is 2.40. The van der Waals surface area contributed by atoms with Gasteiger partial charge in [-0.2, -0.15) is 0 Å². The minimum atomic E-state index is -1.13. The normalized spacial score (nSPS) is 19.1. The maximum atomic E-state index is 14.4. The zero-order chi connectivity index (χ0) is 31.9. The summed E-state index contributed by atoms with van der Waals surface area (Å²) in [4.78, 5) is 22.6. The van der Waals surface area contributed by atoms with Gasteiger partial charge in [-0.05, 0) is 94.9 Å². The van der Waals surface area contributed by atoms with Crippen LogP contribution in [0.15, 0.2) is 42.5 Å². The van der Waals surface area contributed by atoms with Crippen molar-refractivity contribution >= 4 is 11.7 Å². The van der Waals surface area contributed by atoms with Crippen molar-refractivity contribution in [2.75, 3.05) is 24.5 Å². The predicted octanol–water partition coefficient (Wildman–Crippen LogP) is 8.16.